The van der Waals surface area contributed by atoms with Crippen LogP contribution >= 0.6 is 0 Å². The molecule has 0 N–H and O–H groups in total. The molecule has 98 valence electrons. The molecular formula is C14H22N4. The maximum Gasteiger partial charge on any atom is 0.161 e. The van der Waals surface area contributed by atoms with Crippen molar-refractivity contribution in [2.45, 2.75) is 52.4 Å². The lowest BCUT2D eigenvalue weighted by atomic mass is 9.89. The standard InChI is InChI=1S/C14H22N4/c1-13(2,3)10-9-8-15-18(7)11(9)17-12(16-10)14(4,5)6/h8H,1-7H3. The third-order valence-corrected chi connectivity index (χ3v) is 2.97. The van der Waals surface area contributed by atoms with E-state index in [4.69, 9.17) is 4.98 Å². The van der Waals surface area contributed by atoms with Crippen LogP contribution in [0, 0.1) is 0 Å². The van der Waals surface area contributed by atoms with Crippen LogP contribution in [0.4, 0.5) is 0 Å². The Balaban J connectivity index is 2.83. The monoisotopic (exact) mass is 246 g/mol. The lowest BCUT2D eigenvalue weighted by molar-refractivity contribution is 0.519. The van der Waals surface area contributed by atoms with Gasteiger partial charge in [0.25, 0.3) is 0 Å². The summed E-state index contributed by atoms with van der Waals surface area (Å²) in [4.78, 5) is 9.46. The molecule has 2 heterocycles. The Morgan fingerprint density at radius 1 is 0.944 bits per heavy atom. The van der Waals surface area contributed by atoms with E-state index in [1.165, 1.54) is 0 Å². The number of aromatic nitrogens is 4. The van der Waals surface area contributed by atoms with Gasteiger partial charge in [-0.2, -0.15) is 5.10 Å². The van der Waals surface area contributed by atoms with Gasteiger partial charge >= 0.3 is 0 Å². The van der Waals surface area contributed by atoms with Crippen LogP contribution in [0.5, 0.6) is 0 Å². The van der Waals surface area contributed by atoms with E-state index in [-0.39, 0.29) is 10.8 Å². The largest absolute Gasteiger partial charge is 0.250 e. The van der Waals surface area contributed by atoms with Crippen molar-refractivity contribution in [3.8, 4) is 0 Å². The Morgan fingerprint density at radius 3 is 2.06 bits per heavy atom. The molecule has 0 unspecified atom stereocenters. The summed E-state index contributed by atoms with van der Waals surface area (Å²) >= 11 is 0. The highest BCUT2D eigenvalue weighted by Gasteiger charge is 2.26. The van der Waals surface area contributed by atoms with Gasteiger partial charge in [0, 0.05) is 17.9 Å². The molecule has 0 aliphatic rings. The van der Waals surface area contributed by atoms with E-state index in [1.807, 2.05) is 17.9 Å². The van der Waals surface area contributed by atoms with Crippen LogP contribution < -0.4 is 0 Å². The molecule has 0 atom stereocenters. The average Bonchev–Trinajstić information content (AvgIpc) is 2.56. The van der Waals surface area contributed by atoms with E-state index in [0.717, 1.165) is 22.6 Å². The van der Waals surface area contributed by atoms with Crippen molar-refractivity contribution in [3.63, 3.8) is 0 Å². The van der Waals surface area contributed by atoms with Crippen molar-refractivity contribution in [1.82, 2.24) is 19.7 Å². The van der Waals surface area contributed by atoms with Gasteiger partial charge in [-0.25, -0.2) is 9.97 Å². The maximum atomic E-state index is 4.79. The van der Waals surface area contributed by atoms with Crippen LogP contribution in [0.1, 0.15) is 53.1 Å². The number of rotatable bonds is 0. The number of fused-ring (bicyclic) bond motifs is 1. The second-order valence-corrected chi connectivity index (χ2v) is 6.90. The minimum absolute atomic E-state index is 0.00970. The molecule has 2 aromatic heterocycles. The Kier molecular flexibility index (Phi) is 2.72. The van der Waals surface area contributed by atoms with Gasteiger partial charge in [0.15, 0.2) is 5.65 Å². The van der Waals surface area contributed by atoms with E-state index in [9.17, 15) is 0 Å². The topological polar surface area (TPSA) is 43.6 Å². The predicted octanol–water partition coefficient (Wildman–Crippen LogP) is 2.96. The summed E-state index contributed by atoms with van der Waals surface area (Å²) in [7, 11) is 1.92. The summed E-state index contributed by atoms with van der Waals surface area (Å²) in [6.45, 7) is 12.9. The zero-order chi connectivity index (χ0) is 13.7. The van der Waals surface area contributed by atoms with Crippen molar-refractivity contribution in [3.05, 3.63) is 17.7 Å². The second kappa shape index (κ2) is 3.77. The number of hydrogen-bond acceptors (Lipinski definition) is 3. The highest BCUT2D eigenvalue weighted by molar-refractivity contribution is 5.78. The molecule has 18 heavy (non-hydrogen) atoms. The molecule has 2 rings (SSSR count). The number of nitrogens with zero attached hydrogens (tertiary/aromatic N) is 4. The van der Waals surface area contributed by atoms with E-state index < -0.39 is 0 Å². The van der Waals surface area contributed by atoms with Crippen molar-refractivity contribution in [2.75, 3.05) is 0 Å². The quantitative estimate of drug-likeness (QED) is 0.717. The Hall–Kier alpha value is -1.45. The first kappa shape index (κ1) is 13.0. The summed E-state index contributed by atoms with van der Waals surface area (Å²) in [6, 6.07) is 0. The Morgan fingerprint density at radius 2 is 1.56 bits per heavy atom. The molecule has 0 bridgehead atoms. The fourth-order valence-corrected chi connectivity index (χ4v) is 1.93. The fourth-order valence-electron chi connectivity index (χ4n) is 1.93. The summed E-state index contributed by atoms with van der Waals surface area (Å²) < 4.78 is 1.82. The fraction of sp³-hybridized carbons (Fsp3) is 0.643. The van der Waals surface area contributed by atoms with Crippen LogP contribution in [0.25, 0.3) is 11.0 Å². The number of aryl methyl sites for hydroxylation is 1. The predicted molar refractivity (Wildman–Crippen MR) is 73.7 cm³/mol. The molecule has 0 aromatic carbocycles. The van der Waals surface area contributed by atoms with Gasteiger partial charge in [0.1, 0.15) is 5.82 Å². The Bertz CT molecular complexity index is 582. The third kappa shape index (κ3) is 2.11. The summed E-state index contributed by atoms with van der Waals surface area (Å²) in [5, 5.41) is 5.36. The molecule has 0 fully saturated rings. The molecule has 0 saturated carbocycles. The number of hydrogen-bond donors (Lipinski definition) is 0. The normalized spacial score (nSPS) is 13.3. The molecule has 0 amide bonds. The van der Waals surface area contributed by atoms with E-state index in [2.05, 4.69) is 51.6 Å². The van der Waals surface area contributed by atoms with Crippen molar-refractivity contribution < 1.29 is 0 Å². The highest BCUT2D eigenvalue weighted by Crippen LogP contribution is 2.30. The van der Waals surface area contributed by atoms with E-state index >= 15 is 0 Å². The van der Waals surface area contributed by atoms with Crippen molar-refractivity contribution in [1.29, 1.82) is 0 Å². The smallest absolute Gasteiger partial charge is 0.161 e. The highest BCUT2D eigenvalue weighted by atomic mass is 15.3. The molecule has 0 spiro atoms. The zero-order valence-electron chi connectivity index (χ0n) is 12.4. The molecule has 0 saturated heterocycles. The van der Waals surface area contributed by atoms with Gasteiger partial charge in [0.05, 0.1) is 17.3 Å². The minimum atomic E-state index is -0.0571. The second-order valence-electron chi connectivity index (χ2n) is 6.90. The first-order valence-electron chi connectivity index (χ1n) is 6.31. The van der Waals surface area contributed by atoms with E-state index in [0.29, 0.717) is 0 Å². The van der Waals surface area contributed by atoms with Gasteiger partial charge < -0.3 is 0 Å². The molecule has 0 radical (unpaired) electrons. The van der Waals surface area contributed by atoms with Crippen LogP contribution in [0.2, 0.25) is 0 Å². The molecule has 0 aliphatic carbocycles. The average molecular weight is 246 g/mol. The van der Waals surface area contributed by atoms with Crippen LogP contribution in [-0.4, -0.2) is 19.7 Å². The van der Waals surface area contributed by atoms with Gasteiger partial charge in [-0.05, 0) is 0 Å². The maximum absolute atomic E-state index is 4.79. The van der Waals surface area contributed by atoms with Gasteiger partial charge in [0.2, 0.25) is 0 Å². The lowest BCUT2D eigenvalue weighted by Gasteiger charge is -2.23. The Labute approximate surface area is 108 Å². The van der Waals surface area contributed by atoms with Crippen LogP contribution in [0.3, 0.4) is 0 Å². The molecule has 4 heteroatoms. The first-order chi connectivity index (χ1) is 8.10. The summed E-state index contributed by atoms with van der Waals surface area (Å²) in [6.07, 6.45) is 1.86. The van der Waals surface area contributed by atoms with Gasteiger partial charge in [-0.1, -0.05) is 41.5 Å². The summed E-state index contributed by atoms with van der Waals surface area (Å²) in [5.41, 5.74) is 1.92. The summed E-state index contributed by atoms with van der Waals surface area (Å²) in [5.74, 6) is 0.878. The lowest BCUT2D eigenvalue weighted by Crippen LogP contribution is -2.22. The molecule has 4 nitrogen and oxygen atoms in total. The first-order valence-corrected chi connectivity index (χ1v) is 6.31. The van der Waals surface area contributed by atoms with Gasteiger partial charge in [-0.3, -0.25) is 4.68 Å². The van der Waals surface area contributed by atoms with Crippen molar-refractivity contribution >= 4 is 11.0 Å². The third-order valence-electron chi connectivity index (χ3n) is 2.97. The van der Waals surface area contributed by atoms with E-state index in [1.54, 1.807) is 0 Å². The SMILES string of the molecule is Cn1ncc2c(C(C)(C)C)nc(C(C)(C)C)nc21. The van der Waals surface area contributed by atoms with Gasteiger partial charge in [-0.15, -0.1) is 0 Å². The van der Waals surface area contributed by atoms with Crippen molar-refractivity contribution in [2.24, 2.45) is 7.05 Å². The molecule has 2 aromatic rings. The van der Waals surface area contributed by atoms with Crippen LogP contribution in [0.15, 0.2) is 6.20 Å². The minimum Gasteiger partial charge on any atom is -0.250 e. The zero-order valence-corrected chi connectivity index (χ0v) is 12.4. The molecule has 0 aliphatic heterocycles. The van der Waals surface area contributed by atoms with Crippen LogP contribution in [-0.2, 0) is 17.9 Å². The molecular weight excluding hydrogens is 224 g/mol.